The van der Waals surface area contributed by atoms with Crippen LogP contribution < -0.4 is 25.6 Å². The lowest BCUT2D eigenvalue weighted by Crippen LogP contribution is -2.75. The summed E-state index contributed by atoms with van der Waals surface area (Å²) < 4.78 is 109. The lowest BCUT2D eigenvalue weighted by Gasteiger charge is -2.50. The third-order valence-corrected chi connectivity index (χ3v) is 19.9. The molecule has 2 unspecified atom stereocenters. The van der Waals surface area contributed by atoms with Gasteiger partial charge >= 0.3 is 0 Å². The van der Waals surface area contributed by atoms with Crippen LogP contribution in [0.15, 0.2) is 164 Å². The Hall–Kier alpha value is -5.71. The number of pyridine rings is 1. The molecule has 0 amide bonds. The van der Waals surface area contributed by atoms with E-state index in [0.717, 1.165) is 65.2 Å². The van der Waals surface area contributed by atoms with Crippen molar-refractivity contribution >= 4 is 62.0 Å². The Kier molecular flexibility index (Phi) is 6.26. The van der Waals surface area contributed by atoms with Gasteiger partial charge in [-0.1, -0.05) is 163 Å². The van der Waals surface area contributed by atoms with Gasteiger partial charge in [-0.15, -0.1) is 0 Å². The Bertz CT molecular complexity index is 3570. The fraction of sp³-hybridized carbons (Fsp3) is 0.281. The standard InChI is InChI=1S/C57H57N3Si/c1-54(2)34-35-55(3,4)48-38-43(28-29-46(48)54)61(41-19-9-7-10-20-41,42-21-11-8-12-22-42)53-26-16-15-25-51(53)59-49-24-14-13-23-44(49)45-37-40(27-30-50(45)59)60-52-39-58-36-31-47(52)56(5)32-17-18-33-57(56,60)6/h7-16,19-31,36-39H,17-18,32-35H2,1-6H3/i13D,14D,15D,16D,23D,24D,25D,26D,27D,30D,37D. The summed E-state index contributed by atoms with van der Waals surface area (Å²) >= 11 is 0. The smallest absolute Gasteiger partial charge is 0.181 e. The zero-order valence-corrected chi connectivity index (χ0v) is 36.8. The Morgan fingerprint density at radius 1 is 0.574 bits per heavy atom. The number of fused-ring (bicyclic) bond motifs is 7. The van der Waals surface area contributed by atoms with E-state index in [9.17, 15) is 13.7 Å². The first-order valence-electron chi connectivity index (χ1n) is 27.2. The van der Waals surface area contributed by atoms with Crippen LogP contribution in [0.5, 0.6) is 0 Å². The van der Waals surface area contributed by atoms with Gasteiger partial charge in [-0.05, 0) is 117 Å². The van der Waals surface area contributed by atoms with E-state index >= 15 is 0 Å². The number of benzene rings is 6. The normalized spacial score (nSPS) is 24.1. The van der Waals surface area contributed by atoms with E-state index in [2.05, 4.69) is 64.7 Å². The van der Waals surface area contributed by atoms with Gasteiger partial charge in [0.2, 0.25) is 0 Å². The Balaban J connectivity index is 1.37. The summed E-state index contributed by atoms with van der Waals surface area (Å²) in [5.41, 5.74) is 2.39. The minimum absolute atomic E-state index is 0.00531. The number of rotatable bonds is 6. The van der Waals surface area contributed by atoms with E-state index in [1.165, 1.54) is 10.1 Å². The Labute approximate surface area is 378 Å². The van der Waals surface area contributed by atoms with Gasteiger partial charge in [-0.25, -0.2) is 0 Å². The van der Waals surface area contributed by atoms with Crippen LogP contribution in [-0.4, -0.2) is 23.2 Å². The predicted octanol–water partition coefficient (Wildman–Crippen LogP) is 11.6. The van der Waals surface area contributed by atoms with Crippen molar-refractivity contribution in [3.63, 3.8) is 0 Å². The van der Waals surface area contributed by atoms with Gasteiger partial charge in [0.25, 0.3) is 0 Å². The molecule has 0 bridgehead atoms. The van der Waals surface area contributed by atoms with Crippen LogP contribution in [0.2, 0.25) is 0 Å². The SMILES string of the molecule is [2H]c1c([2H])c([2H])c([Si](c2ccccc2)(c2ccccc2)c2ccc3c(c2)C(C)(C)CCC3(C)C)c(-n2c3c([2H])c([2H])c([2H])c([2H])c3c3c([2H])c(N4c5cnccc5C5(C)CCCCC45C)c([2H])c([2H])c32)c1[2H]. The van der Waals surface area contributed by atoms with E-state index in [0.29, 0.717) is 5.69 Å². The first-order chi connectivity index (χ1) is 34.1. The molecular weight excluding hydrogens is 755 g/mol. The first-order valence-corrected chi connectivity index (χ1v) is 23.7. The maximum Gasteiger partial charge on any atom is 0.181 e. The van der Waals surface area contributed by atoms with E-state index in [1.54, 1.807) is 12.4 Å². The number of para-hydroxylation sites is 2. The van der Waals surface area contributed by atoms with Crippen molar-refractivity contribution < 1.29 is 15.1 Å². The number of nitrogens with zero attached hydrogens (tertiary/aromatic N) is 3. The summed E-state index contributed by atoms with van der Waals surface area (Å²) in [4.78, 5) is 6.53. The highest BCUT2D eigenvalue weighted by Gasteiger charge is 2.57. The summed E-state index contributed by atoms with van der Waals surface area (Å²) in [6.07, 6.45) is 8.86. The highest BCUT2D eigenvalue weighted by Crippen LogP contribution is 2.60. The summed E-state index contributed by atoms with van der Waals surface area (Å²) in [7, 11) is -4.08. The molecule has 0 radical (unpaired) electrons. The van der Waals surface area contributed by atoms with Crippen LogP contribution >= 0.6 is 0 Å². The summed E-state index contributed by atoms with van der Waals surface area (Å²) in [5.74, 6) is 0. The zero-order valence-electron chi connectivity index (χ0n) is 46.8. The molecular formula is C57H57N3Si. The molecule has 2 aliphatic carbocycles. The third-order valence-electron chi connectivity index (χ3n) is 15.2. The average molecular weight is 823 g/mol. The molecule has 0 N–H and O–H groups in total. The van der Waals surface area contributed by atoms with E-state index in [1.807, 2.05) is 71.6 Å². The molecule has 61 heavy (non-hydrogen) atoms. The van der Waals surface area contributed by atoms with Crippen molar-refractivity contribution in [2.45, 2.75) is 102 Å². The maximum absolute atomic E-state index is 10.4. The topological polar surface area (TPSA) is 21.1 Å². The third kappa shape index (κ3) is 5.37. The summed E-state index contributed by atoms with van der Waals surface area (Å²) in [5, 5.41) is 2.60. The van der Waals surface area contributed by atoms with Crippen molar-refractivity contribution in [2.75, 3.05) is 4.90 Å². The molecule has 6 aromatic carbocycles. The second-order valence-electron chi connectivity index (χ2n) is 19.3. The Morgan fingerprint density at radius 2 is 1.23 bits per heavy atom. The van der Waals surface area contributed by atoms with Crippen molar-refractivity contribution in [1.82, 2.24) is 9.55 Å². The molecule has 8 aromatic rings. The number of hydrogen-bond acceptors (Lipinski definition) is 2. The first kappa shape index (κ1) is 28.0. The van der Waals surface area contributed by atoms with E-state index < -0.39 is 61.3 Å². The van der Waals surface area contributed by atoms with Crippen molar-refractivity contribution in [3.05, 3.63) is 180 Å². The molecule has 0 spiro atoms. The van der Waals surface area contributed by atoms with Gasteiger partial charge in [0.05, 0.1) is 43.5 Å². The highest BCUT2D eigenvalue weighted by molar-refractivity contribution is 7.20. The quantitative estimate of drug-likeness (QED) is 0.123. The molecule has 1 aliphatic heterocycles. The van der Waals surface area contributed by atoms with Crippen LogP contribution in [0.25, 0.3) is 27.5 Å². The summed E-state index contributed by atoms with van der Waals surface area (Å²) in [6, 6.07) is 23.3. The maximum atomic E-state index is 10.4. The molecule has 3 nitrogen and oxygen atoms in total. The van der Waals surface area contributed by atoms with Crippen molar-refractivity contribution in [3.8, 4) is 5.69 Å². The van der Waals surface area contributed by atoms with Gasteiger partial charge in [-0.2, -0.15) is 0 Å². The monoisotopic (exact) mass is 823 g/mol. The molecule has 0 saturated heterocycles. The largest absolute Gasteiger partial charge is 0.333 e. The van der Waals surface area contributed by atoms with Crippen LogP contribution in [0.3, 0.4) is 0 Å². The van der Waals surface area contributed by atoms with E-state index in [-0.39, 0.29) is 73.4 Å². The minimum atomic E-state index is -4.08. The highest BCUT2D eigenvalue weighted by atomic mass is 28.3. The lowest BCUT2D eigenvalue weighted by atomic mass is 9.61. The van der Waals surface area contributed by atoms with Gasteiger partial charge < -0.3 is 9.47 Å². The average Bonchev–Trinajstić information content (AvgIpc) is 3.83. The van der Waals surface area contributed by atoms with Crippen molar-refractivity contribution in [1.29, 1.82) is 0 Å². The number of hydrogen-bond donors (Lipinski definition) is 0. The zero-order chi connectivity index (χ0) is 51.4. The fourth-order valence-electron chi connectivity index (χ4n) is 11.7. The van der Waals surface area contributed by atoms with Crippen LogP contribution in [0.4, 0.5) is 11.4 Å². The van der Waals surface area contributed by atoms with E-state index in [4.69, 9.17) is 1.37 Å². The molecule has 11 rings (SSSR count). The Morgan fingerprint density at radius 3 is 1.98 bits per heavy atom. The molecule has 2 aromatic heterocycles. The van der Waals surface area contributed by atoms with Crippen LogP contribution in [0.1, 0.15) is 112 Å². The molecule has 1 saturated carbocycles. The van der Waals surface area contributed by atoms with Crippen LogP contribution in [-0.2, 0) is 16.2 Å². The van der Waals surface area contributed by atoms with Gasteiger partial charge in [-0.3, -0.25) is 4.98 Å². The molecule has 4 heteroatoms. The van der Waals surface area contributed by atoms with Crippen LogP contribution in [0, 0.1) is 0 Å². The molecule has 1 fully saturated rings. The van der Waals surface area contributed by atoms with Gasteiger partial charge in [0.1, 0.15) is 0 Å². The fourth-order valence-corrected chi connectivity index (χ4v) is 16.4. The molecule has 304 valence electrons. The summed E-state index contributed by atoms with van der Waals surface area (Å²) in [6.45, 7) is 13.4. The van der Waals surface area contributed by atoms with Gasteiger partial charge in [0.15, 0.2) is 8.07 Å². The molecule has 2 atom stereocenters. The predicted molar refractivity (Wildman–Crippen MR) is 260 cm³/mol. The minimum Gasteiger partial charge on any atom is -0.333 e. The number of anilines is 2. The second-order valence-corrected chi connectivity index (χ2v) is 23.0. The van der Waals surface area contributed by atoms with Crippen molar-refractivity contribution in [2.24, 2.45) is 0 Å². The molecule has 3 aliphatic rings. The van der Waals surface area contributed by atoms with Gasteiger partial charge in [0, 0.05) is 33.8 Å². The number of aromatic nitrogens is 2. The molecule has 3 heterocycles. The second kappa shape index (κ2) is 13.6. The lowest BCUT2D eigenvalue weighted by molar-refractivity contribution is 0.195.